The van der Waals surface area contributed by atoms with Crippen LogP contribution < -0.4 is 0 Å². The third-order valence-electron chi connectivity index (χ3n) is 5.03. The molecule has 4 heteroatoms. The van der Waals surface area contributed by atoms with Crippen molar-refractivity contribution in [3.05, 3.63) is 76.5 Å². The second-order valence-corrected chi connectivity index (χ2v) is 7.31. The molecule has 0 fully saturated rings. The molecule has 1 amide bonds. The fourth-order valence-electron chi connectivity index (χ4n) is 3.50. The maximum absolute atomic E-state index is 12.6. The van der Waals surface area contributed by atoms with E-state index in [-0.39, 0.29) is 5.91 Å². The molecule has 0 unspecified atom stereocenters. The summed E-state index contributed by atoms with van der Waals surface area (Å²) in [6.45, 7) is 3.48. The van der Waals surface area contributed by atoms with Gasteiger partial charge in [-0.05, 0) is 36.6 Å². The van der Waals surface area contributed by atoms with Crippen LogP contribution in [0.2, 0.25) is 5.02 Å². The van der Waals surface area contributed by atoms with E-state index in [2.05, 4.69) is 36.2 Å². The minimum atomic E-state index is 0.190. The molecule has 4 rings (SSSR count). The predicted octanol–water partition coefficient (Wildman–Crippen LogP) is 4.99. The molecular weight excluding hydrogens is 344 g/mol. The number of amides is 1. The number of hydrogen-bond acceptors (Lipinski definition) is 1. The van der Waals surface area contributed by atoms with E-state index in [9.17, 15) is 4.79 Å². The van der Waals surface area contributed by atoms with Crippen molar-refractivity contribution in [3.63, 3.8) is 0 Å². The number of fused-ring (bicyclic) bond motifs is 1. The van der Waals surface area contributed by atoms with E-state index >= 15 is 0 Å². The van der Waals surface area contributed by atoms with E-state index in [4.69, 9.17) is 11.6 Å². The highest BCUT2D eigenvalue weighted by atomic mass is 35.5. The van der Waals surface area contributed by atoms with Crippen LogP contribution in [0.5, 0.6) is 0 Å². The zero-order chi connectivity index (χ0) is 18.1. The molecule has 0 saturated carbocycles. The Labute approximate surface area is 158 Å². The number of aromatic nitrogens is 1. The maximum Gasteiger partial charge on any atom is 0.227 e. The first-order valence-electron chi connectivity index (χ1n) is 8.89. The Morgan fingerprint density at radius 2 is 2.00 bits per heavy atom. The molecule has 0 bridgehead atoms. The number of nitrogens with zero attached hydrogens (tertiary/aromatic N) is 1. The van der Waals surface area contributed by atoms with Crippen LogP contribution in [-0.2, 0) is 11.2 Å². The first-order valence-corrected chi connectivity index (χ1v) is 9.27. The van der Waals surface area contributed by atoms with Crippen molar-refractivity contribution in [3.8, 4) is 0 Å². The first kappa shape index (κ1) is 16.9. The monoisotopic (exact) mass is 364 g/mol. The number of halogens is 1. The van der Waals surface area contributed by atoms with Gasteiger partial charge in [0.15, 0.2) is 0 Å². The smallest absolute Gasteiger partial charge is 0.227 e. The van der Waals surface area contributed by atoms with Gasteiger partial charge in [0.05, 0.1) is 6.42 Å². The molecule has 0 aliphatic carbocycles. The number of carbonyl (C=O) groups is 1. The van der Waals surface area contributed by atoms with Gasteiger partial charge in [-0.25, -0.2) is 0 Å². The van der Waals surface area contributed by atoms with Crippen molar-refractivity contribution in [1.29, 1.82) is 0 Å². The van der Waals surface area contributed by atoms with Crippen molar-refractivity contribution in [1.82, 2.24) is 9.88 Å². The van der Waals surface area contributed by atoms with Crippen LogP contribution in [0, 0.1) is 6.92 Å². The largest absolute Gasteiger partial charge is 0.361 e. The Morgan fingerprint density at radius 1 is 1.19 bits per heavy atom. The SMILES string of the molecule is Cc1ccc(CC(=O)N2CC=C(c3c[nH]c4cc(Cl)ccc34)CC2)cc1. The second kappa shape index (κ2) is 7.00. The Morgan fingerprint density at radius 3 is 2.73 bits per heavy atom. The number of hydrogen-bond donors (Lipinski definition) is 1. The summed E-state index contributed by atoms with van der Waals surface area (Å²) in [6, 6.07) is 14.1. The van der Waals surface area contributed by atoms with Gasteiger partial charge < -0.3 is 9.88 Å². The van der Waals surface area contributed by atoms with Gasteiger partial charge >= 0.3 is 0 Å². The van der Waals surface area contributed by atoms with Crippen LogP contribution in [-0.4, -0.2) is 28.9 Å². The first-order chi connectivity index (χ1) is 12.6. The average molecular weight is 365 g/mol. The number of nitrogens with one attached hydrogen (secondary N) is 1. The van der Waals surface area contributed by atoms with Crippen LogP contribution in [0.3, 0.4) is 0 Å². The normalized spacial score (nSPS) is 14.5. The topological polar surface area (TPSA) is 36.1 Å². The van der Waals surface area contributed by atoms with Crippen LogP contribution >= 0.6 is 11.6 Å². The lowest BCUT2D eigenvalue weighted by Crippen LogP contribution is -2.35. The van der Waals surface area contributed by atoms with Gasteiger partial charge in [-0.2, -0.15) is 0 Å². The zero-order valence-corrected chi connectivity index (χ0v) is 15.5. The number of carbonyl (C=O) groups excluding carboxylic acids is 1. The molecule has 1 N–H and O–H groups in total. The lowest BCUT2D eigenvalue weighted by Gasteiger charge is -2.26. The Hall–Kier alpha value is -2.52. The van der Waals surface area contributed by atoms with E-state index in [0.717, 1.165) is 29.1 Å². The summed E-state index contributed by atoms with van der Waals surface area (Å²) < 4.78 is 0. The number of aryl methyl sites for hydroxylation is 1. The fourth-order valence-corrected chi connectivity index (χ4v) is 3.67. The van der Waals surface area contributed by atoms with Crippen molar-refractivity contribution in [2.75, 3.05) is 13.1 Å². The second-order valence-electron chi connectivity index (χ2n) is 6.87. The van der Waals surface area contributed by atoms with Crippen LogP contribution in [0.25, 0.3) is 16.5 Å². The van der Waals surface area contributed by atoms with Gasteiger partial charge in [0, 0.05) is 40.8 Å². The summed E-state index contributed by atoms with van der Waals surface area (Å²) in [5, 5.41) is 1.91. The standard InChI is InChI=1S/C22H21ClN2O/c1-15-2-4-16(5-3-15)12-22(26)25-10-8-17(9-11-25)20-14-24-21-13-18(23)6-7-19(20)21/h2-8,13-14,24H,9-12H2,1H3. The van der Waals surface area contributed by atoms with Crippen LogP contribution in [0.4, 0.5) is 0 Å². The van der Waals surface area contributed by atoms with E-state index in [1.54, 1.807) is 0 Å². The molecule has 132 valence electrons. The van der Waals surface area contributed by atoms with Crippen molar-refractivity contribution >= 4 is 34.0 Å². The van der Waals surface area contributed by atoms with Gasteiger partial charge in [-0.1, -0.05) is 53.6 Å². The lowest BCUT2D eigenvalue weighted by atomic mass is 9.98. The quantitative estimate of drug-likeness (QED) is 0.698. The van der Waals surface area contributed by atoms with Gasteiger partial charge in [-0.3, -0.25) is 4.79 Å². The highest BCUT2D eigenvalue weighted by Gasteiger charge is 2.19. The fraction of sp³-hybridized carbons (Fsp3) is 0.227. The molecule has 3 nitrogen and oxygen atoms in total. The minimum Gasteiger partial charge on any atom is -0.361 e. The molecule has 3 aromatic rings. The highest BCUT2D eigenvalue weighted by molar-refractivity contribution is 6.31. The van der Waals surface area contributed by atoms with E-state index < -0.39 is 0 Å². The zero-order valence-electron chi connectivity index (χ0n) is 14.8. The van der Waals surface area contributed by atoms with Crippen molar-refractivity contribution < 1.29 is 4.79 Å². The molecule has 1 aliphatic heterocycles. The van der Waals surface area contributed by atoms with Gasteiger partial charge in [-0.15, -0.1) is 0 Å². The predicted molar refractivity (Wildman–Crippen MR) is 107 cm³/mol. The Balaban J connectivity index is 1.47. The molecule has 0 saturated heterocycles. The molecule has 1 aliphatic rings. The summed E-state index contributed by atoms with van der Waals surface area (Å²) in [5.74, 6) is 0.190. The third kappa shape index (κ3) is 3.40. The summed E-state index contributed by atoms with van der Waals surface area (Å²) in [6.07, 6.45) is 5.55. The Kier molecular flexibility index (Phi) is 4.56. The van der Waals surface area contributed by atoms with Crippen LogP contribution in [0.15, 0.2) is 54.7 Å². The molecule has 0 atom stereocenters. The number of aromatic amines is 1. The highest BCUT2D eigenvalue weighted by Crippen LogP contribution is 2.30. The molecule has 0 radical (unpaired) electrons. The van der Waals surface area contributed by atoms with Crippen molar-refractivity contribution in [2.45, 2.75) is 19.8 Å². The van der Waals surface area contributed by atoms with E-state index in [1.165, 1.54) is 22.1 Å². The molecule has 2 heterocycles. The maximum atomic E-state index is 12.6. The molecule has 1 aromatic heterocycles. The average Bonchev–Trinajstić information content (AvgIpc) is 3.06. The molecule has 0 spiro atoms. The van der Waals surface area contributed by atoms with Gasteiger partial charge in [0.1, 0.15) is 0 Å². The van der Waals surface area contributed by atoms with Crippen molar-refractivity contribution in [2.24, 2.45) is 0 Å². The summed E-state index contributed by atoms with van der Waals surface area (Å²) >= 11 is 6.06. The number of H-pyrrole nitrogens is 1. The van der Waals surface area contributed by atoms with E-state index in [0.29, 0.717) is 13.0 Å². The summed E-state index contributed by atoms with van der Waals surface area (Å²) in [7, 11) is 0. The summed E-state index contributed by atoms with van der Waals surface area (Å²) in [4.78, 5) is 17.8. The lowest BCUT2D eigenvalue weighted by molar-refractivity contribution is -0.130. The minimum absolute atomic E-state index is 0.190. The summed E-state index contributed by atoms with van der Waals surface area (Å²) in [5.41, 5.74) is 5.84. The third-order valence-corrected chi connectivity index (χ3v) is 5.26. The van der Waals surface area contributed by atoms with Gasteiger partial charge in [0.25, 0.3) is 0 Å². The van der Waals surface area contributed by atoms with Gasteiger partial charge in [0.2, 0.25) is 5.91 Å². The Bertz CT molecular complexity index is 985. The molecule has 26 heavy (non-hydrogen) atoms. The number of rotatable bonds is 3. The number of benzene rings is 2. The van der Waals surface area contributed by atoms with Crippen LogP contribution in [0.1, 0.15) is 23.1 Å². The molecular formula is C22H21ClN2O. The van der Waals surface area contributed by atoms with E-state index in [1.807, 2.05) is 35.4 Å². The molecule has 2 aromatic carbocycles.